The van der Waals surface area contributed by atoms with Gasteiger partial charge in [-0.15, -0.1) is 0 Å². The number of hydrogen-bond donors (Lipinski definition) is 3. The summed E-state index contributed by atoms with van der Waals surface area (Å²) < 4.78 is 0. The van der Waals surface area contributed by atoms with Crippen molar-refractivity contribution >= 4 is 6.03 Å². The second-order valence-electron chi connectivity index (χ2n) is 5.11. The van der Waals surface area contributed by atoms with Gasteiger partial charge in [-0.3, -0.25) is 0 Å². The molecule has 0 aliphatic rings. The Morgan fingerprint density at radius 3 is 2.27 bits per heavy atom. The minimum Gasteiger partial charge on any atom is -0.395 e. The zero-order chi connectivity index (χ0) is 15.6. The highest BCUT2D eigenvalue weighted by Crippen LogP contribution is 2.19. The van der Waals surface area contributed by atoms with E-state index in [2.05, 4.69) is 22.8 Å². The smallest absolute Gasteiger partial charge is 0.315 e. The van der Waals surface area contributed by atoms with E-state index in [0.29, 0.717) is 0 Å². The number of rotatable bonds is 7. The quantitative estimate of drug-likeness (QED) is 0.736. The Bertz CT molecular complexity index is 558. The highest BCUT2D eigenvalue weighted by Gasteiger charge is 2.14. The number of aryl methyl sites for hydroxylation is 1. The second-order valence-corrected chi connectivity index (χ2v) is 5.11. The van der Waals surface area contributed by atoms with Crippen molar-refractivity contribution in [1.82, 2.24) is 10.6 Å². The van der Waals surface area contributed by atoms with Crippen molar-refractivity contribution in [1.29, 1.82) is 0 Å². The van der Waals surface area contributed by atoms with Gasteiger partial charge >= 0.3 is 6.03 Å². The molecular weight excluding hydrogens is 276 g/mol. The summed E-state index contributed by atoms with van der Waals surface area (Å²) in [5.41, 5.74) is 2.33. The fourth-order valence-corrected chi connectivity index (χ4v) is 2.34. The van der Waals surface area contributed by atoms with Gasteiger partial charge in [0.05, 0.1) is 12.6 Å². The van der Waals surface area contributed by atoms with Crippen LogP contribution >= 0.6 is 0 Å². The molecule has 2 rings (SSSR count). The molecule has 4 nitrogen and oxygen atoms in total. The topological polar surface area (TPSA) is 61.4 Å². The maximum Gasteiger partial charge on any atom is 0.315 e. The van der Waals surface area contributed by atoms with Gasteiger partial charge in [0.1, 0.15) is 0 Å². The van der Waals surface area contributed by atoms with Gasteiger partial charge in [0.2, 0.25) is 0 Å². The third-order valence-electron chi connectivity index (χ3n) is 3.47. The molecule has 3 N–H and O–H groups in total. The van der Waals surface area contributed by atoms with Crippen LogP contribution in [0.1, 0.15) is 23.6 Å². The lowest BCUT2D eigenvalue weighted by Crippen LogP contribution is -2.39. The standard InChI is InChI=1S/C18H22N2O2/c21-14-13-19-18(22)20-17(16-9-5-2-6-10-16)12-11-15-7-3-1-4-8-15/h1-10,17,21H,11-14H2,(H2,19,20,22). The average Bonchev–Trinajstić information content (AvgIpc) is 2.58. The first-order valence-electron chi connectivity index (χ1n) is 7.53. The molecule has 2 aromatic rings. The minimum absolute atomic E-state index is 0.0555. The Hall–Kier alpha value is -2.33. The van der Waals surface area contributed by atoms with Crippen LogP contribution in [0.2, 0.25) is 0 Å². The van der Waals surface area contributed by atoms with Crippen LogP contribution in [0.5, 0.6) is 0 Å². The highest BCUT2D eigenvalue weighted by atomic mass is 16.3. The van der Waals surface area contributed by atoms with E-state index in [0.717, 1.165) is 18.4 Å². The average molecular weight is 298 g/mol. The Labute approximate surface area is 131 Å². The van der Waals surface area contributed by atoms with Crippen molar-refractivity contribution in [2.45, 2.75) is 18.9 Å². The van der Waals surface area contributed by atoms with Gasteiger partial charge in [0.15, 0.2) is 0 Å². The van der Waals surface area contributed by atoms with Gasteiger partial charge in [-0.05, 0) is 24.0 Å². The van der Waals surface area contributed by atoms with Crippen molar-refractivity contribution in [3.05, 3.63) is 71.8 Å². The number of hydrogen-bond acceptors (Lipinski definition) is 2. The Balaban J connectivity index is 2.00. The lowest BCUT2D eigenvalue weighted by Gasteiger charge is -2.19. The van der Waals surface area contributed by atoms with Crippen LogP contribution in [0.25, 0.3) is 0 Å². The number of carbonyl (C=O) groups is 1. The highest BCUT2D eigenvalue weighted by molar-refractivity contribution is 5.74. The predicted molar refractivity (Wildman–Crippen MR) is 87.6 cm³/mol. The molecule has 116 valence electrons. The molecular formula is C18H22N2O2. The molecule has 1 atom stereocenters. The van der Waals surface area contributed by atoms with Crippen molar-refractivity contribution < 1.29 is 9.90 Å². The van der Waals surface area contributed by atoms with Gasteiger partial charge in [0.25, 0.3) is 0 Å². The molecule has 0 fully saturated rings. The van der Waals surface area contributed by atoms with Crippen LogP contribution in [0.4, 0.5) is 4.79 Å². The van der Waals surface area contributed by atoms with Crippen LogP contribution in [-0.2, 0) is 6.42 Å². The molecule has 0 aliphatic heterocycles. The molecule has 0 spiro atoms. The van der Waals surface area contributed by atoms with E-state index in [1.54, 1.807) is 0 Å². The van der Waals surface area contributed by atoms with Crippen LogP contribution in [0.3, 0.4) is 0 Å². The van der Waals surface area contributed by atoms with E-state index < -0.39 is 0 Å². The summed E-state index contributed by atoms with van der Waals surface area (Å²) in [4.78, 5) is 11.9. The lowest BCUT2D eigenvalue weighted by atomic mass is 9.99. The summed E-state index contributed by atoms with van der Waals surface area (Å²) in [6.07, 6.45) is 1.71. The largest absolute Gasteiger partial charge is 0.395 e. The first-order valence-corrected chi connectivity index (χ1v) is 7.53. The summed E-state index contributed by atoms with van der Waals surface area (Å²) in [6.45, 7) is 0.194. The molecule has 4 heteroatoms. The third-order valence-corrected chi connectivity index (χ3v) is 3.47. The molecule has 0 aromatic heterocycles. The molecule has 22 heavy (non-hydrogen) atoms. The molecule has 0 radical (unpaired) electrons. The number of aliphatic hydroxyl groups excluding tert-OH is 1. The summed E-state index contributed by atoms with van der Waals surface area (Å²) in [5.74, 6) is 0. The Kier molecular flexibility index (Phi) is 6.45. The van der Waals surface area contributed by atoms with E-state index in [-0.39, 0.29) is 25.2 Å². The number of carbonyl (C=O) groups excluding carboxylic acids is 1. The van der Waals surface area contributed by atoms with E-state index in [1.165, 1.54) is 5.56 Å². The summed E-state index contributed by atoms with van der Waals surface area (Å²) in [5, 5.41) is 14.4. The van der Waals surface area contributed by atoms with Crippen molar-refractivity contribution in [2.75, 3.05) is 13.2 Å². The fraction of sp³-hybridized carbons (Fsp3) is 0.278. The number of amides is 2. The number of nitrogens with one attached hydrogen (secondary N) is 2. The predicted octanol–water partition coefficient (Wildman–Crippen LogP) is 2.65. The number of benzene rings is 2. The Morgan fingerprint density at radius 2 is 1.64 bits per heavy atom. The lowest BCUT2D eigenvalue weighted by molar-refractivity contribution is 0.230. The van der Waals surface area contributed by atoms with Gasteiger partial charge in [-0.1, -0.05) is 60.7 Å². The maximum absolute atomic E-state index is 11.9. The molecule has 0 saturated carbocycles. The zero-order valence-corrected chi connectivity index (χ0v) is 12.5. The number of urea groups is 1. The molecule has 2 aromatic carbocycles. The molecule has 0 saturated heterocycles. The molecule has 0 aliphatic carbocycles. The van der Waals surface area contributed by atoms with E-state index in [4.69, 9.17) is 5.11 Å². The fourth-order valence-electron chi connectivity index (χ4n) is 2.34. The van der Waals surface area contributed by atoms with Crippen molar-refractivity contribution in [3.8, 4) is 0 Å². The maximum atomic E-state index is 11.9. The van der Waals surface area contributed by atoms with Gasteiger partial charge in [0, 0.05) is 6.54 Å². The van der Waals surface area contributed by atoms with Crippen LogP contribution in [0.15, 0.2) is 60.7 Å². The van der Waals surface area contributed by atoms with Crippen LogP contribution < -0.4 is 10.6 Å². The minimum atomic E-state index is -0.254. The summed E-state index contributed by atoms with van der Waals surface area (Å²) in [6, 6.07) is 19.9. The Morgan fingerprint density at radius 1 is 1.00 bits per heavy atom. The van der Waals surface area contributed by atoms with Crippen LogP contribution in [-0.4, -0.2) is 24.3 Å². The first kappa shape index (κ1) is 16.0. The molecule has 0 heterocycles. The van der Waals surface area contributed by atoms with Crippen LogP contribution in [0, 0.1) is 0 Å². The summed E-state index contributed by atoms with van der Waals surface area (Å²) >= 11 is 0. The summed E-state index contributed by atoms with van der Waals surface area (Å²) in [7, 11) is 0. The second kappa shape index (κ2) is 8.85. The van der Waals surface area contributed by atoms with Gasteiger partial charge < -0.3 is 15.7 Å². The van der Waals surface area contributed by atoms with E-state index in [1.807, 2.05) is 48.5 Å². The number of aliphatic hydroxyl groups is 1. The normalized spacial score (nSPS) is 11.7. The molecule has 0 bridgehead atoms. The zero-order valence-electron chi connectivity index (χ0n) is 12.5. The molecule has 2 amide bonds. The van der Waals surface area contributed by atoms with Crippen molar-refractivity contribution in [3.63, 3.8) is 0 Å². The van der Waals surface area contributed by atoms with E-state index >= 15 is 0 Å². The first-order chi connectivity index (χ1) is 10.8. The van der Waals surface area contributed by atoms with Crippen molar-refractivity contribution in [2.24, 2.45) is 0 Å². The molecule has 1 unspecified atom stereocenters. The SMILES string of the molecule is O=C(NCCO)NC(CCc1ccccc1)c1ccccc1. The third kappa shape index (κ3) is 5.22. The van der Waals surface area contributed by atoms with Gasteiger partial charge in [-0.2, -0.15) is 0 Å². The van der Waals surface area contributed by atoms with Gasteiger partial charge in [-0.25, -0.2) is 4.79 Å². The van der Waals surface area contributed by atoms with E-state index in [9.17, 15) is 4.79 Å². The monoisotopic (exact) mass is 298 g/mol.